The molecule has 3 rings (SSSR count). The molecule has 2 amide bonds. The van der Waals surface area contributed by atoms with Gasteiger partial charge in [-0.15, -0.1) is 0 Å². The number of halogens is 3. The Bertz CT molecular complexity index is 1430. The number of hydrogen-bond donors (Lipinski definition) is 1. The number of sulfonamides is 1. The third-order valence-corrected chi connectivity index (χ3v) is 8.03. The van der Waals surface area contributed by atoms with E-state index in [4.69, 9.17) is 0 Å². The van der Waals surface area contributed by atoms with Crippen molar-refractivity contribution >= 4 is 27.5 Å². The van der Waals surface area contributed by atoms with E-state index in [1.54, 1.807) is 32.0 Å². The molecule has 3 aromatic carbocycles. The van der Waals surface area contributed by atoms with E-state index < -0.39 is 46.2 Å². The van der Waals surface area contributed by atoms with Gasteiger partial charge < -0.3 is 10.2 Å². The van der Waals surface area contributed by atoms with Crippen molar-refractivity contribution in [3.05, 3.63) is 95.6 Å². The fraction of sp³-hybridized carbons (Fsp3) is 0.310. The van der Waals surface area contributed by atoms with Crippen molar-refractivity contribution in [2.24, 2.45) is 0 Å². The number of hydrogen-bond acceptors (Lipinski definition) is 4. The second kappa shape index (κ2) is 13.0. The molecular weight excluding hydrogens is 543 g/mol. The van der Waals surface area contributed by atoms with Crippen LogP contribution in [0.1, 0.15) is 37.0 Å². The number of rotatable bonds is 11. The van der Waals surface area contributed by atoms with E-state index in [0.29, 0.717) is 22.5 Å². The molecule has 0 spiro atoms. The van der Waals surface area contributed by atoms with Crippen molar-refractivity contribution in [3.63, 3.8) is 0 Å². The average Bonchev–Trinajstić information content (AvgIpc) is 2.91. The number of nitrogens with one attached hydrogen (secondary N) is 1. The molecule has 1 atom stereocenters. The normalized spacial score (nSPS) is 12.4. The molecule has 1 N–H and O–H groups in total. The smallest absolute Gasteiger partial charge is 0.355 e. The predicted octanol–water partition coefficient (Wildman–Crippen LogP) is 5.15. The number of nitrogens with zero attached hydrogens (tertiary/aromatic N) is 2. The Morgan fingerprint density at radius 3 is 2.20 bits per heavy atom. The molecule has 0 aliphatic rings. The van der Waals surface area contributed by atoms with Crippen molar-refractivity contribution in [2.75, 3.05) is 17.4 Å². The fourth-order valence-electron chi connectivity index (χ4n) is 4.30. The van der Waals surface area contributed by atoms with Crippen LogP contribution in [0, 0.1) is 6.92 Å². The van der Waals surface area contributed by atoms with Gasteiger partial charge in [0.05, 0.1) is 16.1 Å². The molecule has 0 aliphatic carbocycles. The third kappa shape index (κ3) is 7.41. The number of amides is 2. The van der Waals surface area contributed by atoms with Crippen molar-refractivity contribution in [1.82, 2.24) is 10.2 Å². The number of carbonyl (C=O) groups is 2. The first kappa shape index (κ1) is 30.7. The van der Waals surface area contributed by atoms with Crippen LogP contribution in [-0.4, -0.2) is 44.3 Å². The molecule has 7 nitrogen and oxygen atoms in total. The predicted molar refractivity (Wildman–Crippen MR) is 147 cm³/mol. The second-order valence-electron chi connectivity index (χ2n) is 9.20. The zero-order valence-electron chi connectivity index (χ0n) is 22.5. The standard InChI is InChI=1S/C29H32F3N3O4S/c1-4-26(28(37)33-5-2)34(19-22-12-9-11-21(3)17-22)27(36)20-35(40(38,39)25-15-7-6-8-16-25)24-14-10-13-23(18-24)29(30,31)32/h6-18,26H,4-5,19-20H2,1-3H3,(H,33,37)/t26-/m1/s1. The first-order chi connectivity index (χ1) is 18.9. The summed E-state index contributed by atoms with van der Waals surface area (Å²) in [5, 5.41) is 2.70. The molecule has 214 valence electrons. The maximum absolute atomic E-state index is 13.9. The highest BCUT2D eigenvalue weighted by Gasteiger charge is 2.35. The Morgan fingerprint density at radius 1 is 0.925 bits per heavy atom. The monoisotopic (exact) mass is 575 g/mol. The van der Waals surface area contributed by atoms with Crippen LogP contribution in [0.25, 0.3) is 0 Å². The lowest BCUT2D eigenvalue weighted by Gasteiger charge is -2.33. The number of alkyl halides is 3. The summed E-state index contributed by atoms with van der Waals surface area (Å²) in [7, 11) is -4.47. The molecule has 40 heavy (non-hydrogen) atoms. The molecule has 0 aromatic heterocycles. The highest BCUT2D eigenvalue weighted by molar-refractivity contribution is 7.92. The van der Waals surface area contributed by atoms with Gasteiger partial charge in [-0.1, -0.05) is 61.0 Å². The highest BCUT2D eigenvalue weighted by Crippen LogP contribution is 2.33. The molecule has 0 bridgehead atoms. The number of aryl methyl sites for hydroxylation is 1. The van der Waals surface area contributed by atoms with Crippen LogP contribution in [0.3, 0.4) is 0 Å². The average molecular weight is 576 g/mol. The largest absolute Gasteiger partial charge is 0.416 e. The summed E-state index contributed by atoms with van der Waals surface area (Å²) >= 11 is 0. The van der Waals surface area contributed by atoms with Gasteiger partial charge in [-0.05, 0) is 56.2 Å². The Kier molecular flexibility index (Phi) is 9.97. The molecule has 0 saturated heterocycles. The summed E-state index contributed by atoms with van der Waals surface area (Å²) in [6, 6.07) is 17.3. The van der Waals surface area contributed by atoms with E-state index in [1.165, 1.54) is 35.2 Å². The van der Waals surface area contributed by atoms with Gasteiger partial charge in [-0.3, -0.25) is 13.9 Å². The first-order valence-corrected chi connectivity index (χ1v) is 14.2. The van der Waals surface area contributed by atoms with Gasteiger partial charge in [0.15, 0.2) is 0 Å². The number of likely N-dealkylation sites (N-methyl/N-ethyl adjacent to an activating group) is 1. The molecule has 0 unspecified atom stereocenters. The third-order valence-electron chi connectivity index (χ3n) is 6.24. The number of benzene rings is 3. The zero-order chi connectivity index (χ0) is 29.5. The van der Waals surface area contributed by atoms with Crippen molar-refractivity contribution in [3.8, 4) is 0 Å². The summed E-state index contributed by atoms with van der Waals surface area (Å²) in [5.41, 5.74) is 0.255. The Balaban J connectivity index is 2.11. The Labute approximate surface area is 232 Å². The van der Waals surface area contributed by atoms with Crippen LogP contribution < -0.4 is 9.62 Å². The number of anilines is 1. The van der Waals surface area contributed by atoms with Gasteiger partial charge in [0.25, 0.3) is 10.0 Å². The molecular formula is C29H32F3N3O4S. The fourth-order valence-corrected chi connectivity index (χ4v) is 5.73. The minimum atomic E-state index is -4.73. The first-order valence-electron chi connectivity index (χ1n) is 12.8. The zero-order valence-corrected chi connectivity index (χ0v) is 23.3. The lowest BCUT2D eigenvalue weighted by molar-refractivity contribution is -0.140. The van der Waals surface area contributed by atoms with Gasteiger partial charge in [0.2, 0.25) is 11.8 Å². The molecule has 0 fully saturated rings. The lowest BCUT2D eigenvalue weighted by Crippen LogP contribution is -2.52. The molecule has 0 heterocycles. The van der Waals surface area contributed by atoms with Gasteiger partial charge in [-0.25, -0.2) is 8.42 Å². The Morgan fingerprint density at radius 2 is 1.60 bits per heavy atom. The minimum absolute atomic E-state index is 0.00201. The maximum atomic E-state index is 13.9. The number of carbonyl (C=O) groups excluding carboxylic acids is 2. The van der Waals surface area contributed by atoms with Gasteiger partial charge >= 0.3 is 6.18 Å². The van der Waals surface area contributed by atoms with Crippen LogP contribution in [0.4, 0.5) is 18.9 Å². The van der Waals surface area contributed by atoms with E-state index in [-0.39, 0.29) is 23.5 Å². The van der Waals surface area contributed by atoms with Crippen molar-refractivity contribution in [2.45, 2.75) is 50.9 Å². The van der Waals surface area contributed by atoms with Crippen molar-refractivity contribution < 1.29 is 31.2 Å². The van der Waals surface area contributed by atoms with E-state index in [9.17, 15) is 31.2 Å². The van der Waals surface area contributed by atoms with Gasteiger partial charge in [0, 0.05) is 13.1 Å². The second-order valence-corrected chi connectivity index (χ2v) is 11.1. The molecule has 0 radical (unpaired) electrons. The molecule has 0 saturated carbocycles. The summed E-state index contributed by atoms with van der Waals surface area (Å²) in [6.07, 6.45) is -4.50. The van der Waals surface area contributed by atoms with E-state index >= 15 is 0 Å². The van der Waals surface area contributed by atoms with Crippen LogP contribution in [0.15, 0.2) is 83.8 Å². The van der Waals surface area contributed by atoms with E-state index in [2.05, 4.69) is 5.32 Å². The van der Waals surface area contributed by atoms with Crippen LogP contribution in [0.5, 0.6) is 0 Å². The van der Waals surface area contributed by atoms with Gasteiger partial charge in [0.1, 0.15) is 12.6 Å². The quantitative estimate of drug-likeness (QED) is 0.343. The minimum Gasteiger partial charge on any atom is -0.355 e. The summed E-state index contributed by atoms with van der Waals surface area (Å²) < 4.78 is 68.7. The summed E-state index contributed by atoms with van der Waals surface area (Å²) in [4.78, 5) is 27.9. The topological polar surface area (TPSA) is 86.8 Å². The molecule has 3 aromatic rings. The van der Waals surface area contributed by atoms with Crippen molar-refractivity contribution in [1.29, 1.82) is 0 Å². The summed E-state index contributed by atoms with van der Waals surface area (Å²) in [6.45, 7) is 4.83. The molecule has 0 aliphatic heterocycles. The maximum Gasteiger partial charge on any atom is 0.416 e. The van der Waals surface area contributed by atoms with Crippen LogP contribution >= 0.6 is 0 Å². The molecule has 11 heteroatoms. The summed E-state index contributed by atoms with van der Waals surface area (Å²) in [5.74, 6) is -1.15. The van der Waals surface area contributed by atoms with E-state index in [1.807, 2.05) is 19.1 Å². The highest BCUT2D eigenvalue weighted by atomic mass is 32.2. The Hall–Kier alpha value is -3.86. The van der Waals surface area contributed by atoms with Crippen LogP contribution in [-0.2, 0) is 32.3 Å². The van der Waals surface area contributed by atoms with Crippen LogP contribution in [0.2, 0.25) is 0 Å². The SMILES string of the molecule is CCNC(=O)[C@@H](CC)N(Cc1cccc(C)c1)C(=O)CN(c1cccc(C(F)(F)F)c1)S(=O)(=O)c1ccccc1. The van der Waals surface area contributed by atoms with Gasteiger partial charge in [-0.2, -0.15) is 13.2 Å². The van der Waals surface area contributed by atoms with E-state index in [0.717, 1.165) is 17.7 Å². The lowest BCUT2D eigenvalue weighted by atomic mass is 10.1.